The van der Waals surface area contributed by atoms with Gasteiger partial charge in [0.2, 0.25) is 0 Å². The zero-order valence-electron chi connectivity index (χ0n) is 9.03. The van der Waals surface area contributed by atoms with E-state index in [1.54, 1.807) is 12.1 Å². The molecule has 2 rings (SSSR count). The van der Waals surface area contributed by atoms with Gasteiger partial charge in [-0.2, -0.15) is 8.78 Å². The predicted octanol–water partition coefficient (Wildman–Crippen LogP) is 3.47. The van der Waals surface area contributed by atoms with Gasteiger partial charge in [0.05, 0.1) is 6.10 Å². The highest BCUT2D eigenvalue weighted by atomic mass is 19.3. The van der Waals surface area contributed by atoms with E-state index >= 15 is 0 Å². The third-order valence-electron chi connectivity index (χ3n) is 2.68. The molecule has 2 nitrogen and oxygen atoms in total. The molecular formula is C12H14F2O2. The van der Waals surface area contributed by atoms with E-state index in [2.05, 4.69) is 11.7 Å². The molecule has 0 N–H and O–H groups in total. The van der Waals surface area contributed by atoms with Gasteiger partial charge in [0, 0.05) is 0 Å². The largest absolute Gasteiger partial charge is 0.490 e. The highest BCUT2D eigenvalue weighted by molar-refractivity contribution is 5.31. The second-order valence-electron chi connectivity index (χ2n) is 4.17. The average molecular weight is 228 g/mol. The van der Waals surface area contributed by atoms with Crippen LogP contribution in [0.25, 0.3) is 0 Å². The van der Waals surface area contributed by atoms with Gasteiger partial charge in [0.25, 0.3) is 0 Å². The van der Waals surface area contributed by atoms with E-state index in [1.807, 2.05) is 0 Å². The maximum atomic E-state index is 11.9. The molecule has 0 amide bonds. The first-order valence-electron chi connectivity index (χ1n) is 5.35. The Morgan fingerprint density at radius 2 is 1.69 bits per heavy atom. The van der Waals surface area contributed by atoms with Crippen molar-refractivity contribution in [2.45, 2.75) is 32.5 Å². The molecule has 1 aromatic rings. The van der Waals surface area contributed by atoms with Gasteiger partial charge in [-0.3, -0.25) is 0 Å². The molecule has 0 bridgehead atoms. The fourth-order valence-corrected chi connectivity index (χ4v) is 1.82. The Morgan fingerprint density at radius 1 is 1.12 bits per heavy atom. The lowest BCUT2D eigenvalue weighted by Crippen LogP contribution is -2.31. The summed E-state index contributed by atoms with van der Waals surface area (Å²) in [4.78, 5) is 0. The van der Waals surface area contributed by atoms with Gasteiger partial charge in [-0.15, -0.1) is 0 Å². The molecule has 1 aromatic carbocycles. The van der Waals surface area contributed by atoms with Crippen LogP contribution in [-0.4, -0.2) is 12.7 Å². The summed E-state index contributed by atoms with van der Waals surface area (Å²) in [7, 11) is 0. The number of rotatable bonds is 4. The molecule has 1 aliphatic rings. The highest BCUT2D eigenvalue weighted by Crippen LogP contribution is 2.31. The maximum absolute atomic E-state index is 11.9. The molecule has 88 valence electrons. The van der Waals surface area contributed by atoms with Crippen LogP contribution in [0.4, 0.5) is 8.78 Å². The Hall–Kier alpha value is -1.32. The highest BCUT2D eigenvalue weighted by Gasteiger charge is 2.26. The first-order valence-corrected chi connectivity index (χ1v) is 5.35. The molecule has 4 heteroatoms. The monoisotopic (exact) mass is 228 g/mol. The number of ether oxygens (including phenoxy) is 2. The number of hydrogen-bond acceptors (Lipinski definition) is 2. The van der Waals surface area contributed by atoms with Gasteiger partial charge in [-0.25, -0.2) is 0 Å². The van der Waals surface area contributed by atoms with Crippen molar-refractivity contribution < 1.29 is 18.3 Å². The van der Waals surface area contributed by atoms with Crippen molar-refractivity contribution in [3.63, 3.8) is 0 Å². The topological polar surface area (TPSA) is 18.5 Å². The lowest BCUT2D eigenvalue weighted by atomic mass is 9.84. The maximum Gasteiger partial charge on any atom is 0.387 e. The molecule has 16 heavy (non-hydrogen) atoms. The van der Waals surface area contributed by atoms with Crippen LogP contribution in [0.1, 0.15) is 19.8 Å². The van der Waals surface area contributed by atoms with Crippen LogP contribution in [-0.2, 0) is 0 Å². The molecule has 0 heterocycles. The molecular weight excluding hydrogens is 214 g/mol. The summed E-state index contributed by atoms with van der Waals surface area (Å²) in [6.07, 6.45) is 2.40. The van der Waals surface area contributed by atoms with Crippen LogP contribution in [0.5, 0.6) is 11.5 Å². The van der Waals surface area contributed by atoms with Crippen molar-refractivity contribution >= 4 is 0 Å². The van der Waals surface area contributed by atoms with Gasteiger partial charge in [-0.1, -0.05) is 6.92 Å². The number of alkyl halides is 2. The second kappa shape index (κ2) is 4.68. The van der Waals surface area contributed by atoms with E-state index in [0.29, 0.717) is 5.75 Å². The summed E-state index contributed by atoms with van der Waals surface area (Å²) in [6, 6.07) is 6.29. The zero-order chi connectivity index (χ0) is 11.5. The van der Waals surface area contributed by atoms with Gasteiger partial charge in [0.1, 0.15) is 11.5 Å². The van der Waals surface area contributed by atoms with Crippen LogP contribution >= 0.6 is 0 Å². The summed E-state index contributed by atoms with van der Waals surface area (Å²) in [5.74, 6) is 1.59. The Kier molecular flexibility index (Phi) is 3.27. The minimum Gasteiger partial charge on any atom is -0.490 e. The Bertz CT molecular complexity index is 331. The summed E-state index contributed by atoms with van der Waals surface area (Å²) in [5.41, 5.74) is 0. The summed E-state index contributed by atoms with van der Waals surface area (Å²) < 4.78 is 33.6. The van der Waals surface area contributed by atoms with Gasteiger partial charge < -0.3 is 9.47 Å². The lowest BCUT2D eigenvalue weighted by Gasteiger charge is -2.32. The Balaban J connectivity index is 1.87. The number of halogens is 2. The van der Waals surface area contributed by atoms with E-state index in [4.69, 9.17) is 4.74 Å². The van der Waals surface area contributed by atoms with Crippen LogP contribution in [0, 0.1) is 5.92 Å². The summed E-state index contributed by atoms with van der Waals surface area (Å²) >= 11 is 0. The van der Waals surface area contributed by atoms with Crippen molar-refractivity contribution in [1.82, 2.24) is 0 Å². The molecule has 0 radical (unpaired) electrons. The number of benzene rings is 1. The molecule has 0 unspecified atom stereocenters. The van der Waals surface area contributed by atoms with Crippen LogP contribution in [0.3, 0.4) is 0 Å². The average Bonchev–Trinajstić information content (AvgIpc) is 2.18. The molecule has 0 saturated heterocycles. The van der Waals surface area contributed by atoms with E-state index in [1.165, 1.54) is 12.1 Å². The smallest absolute Gasteiger partial charge is 0.387 e. The van der Waals surface area contributed by atoms with Gasteiger partial charge in [-0.05, 0) is 43.0 Å². The predicted molar refractivity (Wildman–Crippen MR) is 55.9 cm³/mol. The van der Waals surface area contributed by atoms with Crippen LogP contribution in [0.2, 0.25) is 0 Å². The minimum atomic E-state index is -2.78. The third-order valence-corrected chi connectivity index (χ3v) is 2.68. The van der Waals surface area contributed by atoms with E-state index in [-0.39, 0.29) is 11.9 Å². The van der Waals surface area contributed by atoms with Crippen molar-refractivity contribution in [3.8, 4) is 11.5 Å². The lowest BCUT2D eigenvalue weighted by molar-refractivity contribution is -0.0499. The van der Waals surface area contributed by atoms with E-state index < -0.39 is 6.61 Å². The van der Waals surface area contributed by atoms with E-state index in [9.17, 15) is 8.78 Å². The van der Waals surface area contributed by atoms with Gasteiger partial charge in [0.15, 0.2) is 0 Å². The van der Waals surface area contributed by atoms with Gasteiger partial charge >= 0.3 is 6.61 Å². The van der Waals surface area contributed by atoms with E-state index in [0.717, 1.165) is 18.8 Å². The van der Waals surface area contributed by atoms with Crippen molar-refractivity contribution in [2.24, 2.45) is 5.92 Å². The fourth-order valence-electron chi connectivity index (χ4n) is 1.82. The molecule has 0 aliphatic heterocycles. The molecule has 0 atom stereocenters. The Morgan fingerprint density at radius 3 is 2.19 bits per heavy atom. The summed E-state index contributed by atoms with van der Waals surface area (Å²) in [6.45, 7) is -0.598. The standard InChI is InChI=1S/C12H14F2O2/c1-8-6-11(7-8)15-9-2-4-10(5-3-9)16-12(13)14/h2-5,8,11-12H,6-7H2,1H3. The van der Waals surface area contributed by atoms with Crippen LogP contribution in [0.15, 0.2) is 24.3 Å². The second-order valence-corrected chi connectivity index (χ2v) is 4.17. The quantitative estimate of drug-likeness (QED) is 0.785. The first kappa shape index (κ1) is 11.2. The molecule has 1 aliphatic carbocycles. The molecule has 0 spiro atoms. The van der Waals surface area contributed by atoms with Crippen LogP contribution < -0.4 is 9.47 Å². The summed E-state index contributed by atoms with van der Waals surface area (Å²) in [5, 5.41) is 0. The number of hydrogen-bond donors (Lipinski definition) is 0. The van der Waals surface area contributed by atoms with Crippen molar-refractivity contribution in [1.29, 1.82) is 0 Å². The SMILES string of the molecule is CC1CC(Oc2ccc(OC(F)F)cc2)C1. The first-order chi connectivity index (χ1) is 7.63. The fraction of sp³-hybridized carbons (Fsp3) is 0.500. The third kappa shape index (κ3) is 2.84. The normalized spacial score (nSPS) is 24.0. The molecule has 1 saturated carbocycles. The molecule has 1 fully saturated rings. The molecule has 0 aromatic heterocycles. The minimum absolute atomic E-state index is 0.157. The zero-order valence-corrected chi connectivity index (χ0v) is 9.03. The Labute approximate surface area is 93.2 Å². The van der Waals surface area contributed by atoms with Crippen molar-refractivity contribution in [3.05, 3.63) is 24.3 Å². The van der Waals surface area contributed by atoms with Crippen molar-refractivity contribution in [2.75, 3.05) is 0 Å².